The Balaban J connectivity index is 1.93. The molecule has 0 aromatic heterocycles. The molecule has 0 aromatic rings. The summed E-state index contributed by atoms with van der Waals surface area (Å²) in [5.41, 5.74) is 0. The van der Waals surface area contributed by atoms with Gasteiger partial charge in [-0.05, 0) is 33.1 Å². The van der Waals surface area contributed by atoms with Gasteiger partial charge in [-0.15, -0.1) is 0 Å². The van der Waals surface area contributed by atoms with Crippen molar-refractivity contribution in [3.8, 4) is 0 Å². The Morgan fingerprint density at radius 2 is 1.91 bits per heavy atom. The molecular formula is C16H27NO6. The van der Waals surface area contributed by atoms with Crippen molar-refractivity contribution in [2.45, 2.75) is 51.2 Å². The lowest BCUT2D eigenvalue weighted by atomic mass is 9.76. The number of fused-ring (bicyclic) bond motifs is 2. The van der Waals surface area contributed by atoms with Crippen LogP contribution in [0.1, 0.15) is 27.2 Å². The largest absolute Gasteiger partial charge is 0.450 e. The highest BCUT2D eigenvalue weighted by molar-refractivity contribution is 5.67. The topological polar surface area (TPSA) is 86.3 Å². The van der Waals surface area contributed by atoms with Gasteiger partial charge in [0, 0.05) is 25.2 Å². The van der Waals surface area contributed by atoms with Crippen molar-refractivity contribution in [1.82, 2.24) is 5.32 Å². The standard InChI is InChI=1S/C16H27NO6/c1-4-20-15(19)17-13-10-8-21-11-7-9(10)14(18)12(13)16(11,22-5-2)23-6-3/h9-14,18H,4-8H2,1-3H3,(H,17,19)/t9-,10-,11+,12+,13-,14+/m1/s1. The van der Waals surface area contributed by atoms with E-state index in [1.165, 1.54) is 0 Å². The first-order chi connectivity index (χ1) is 11.1. The zero-order chi connectivity index (χ0) is 16.6. The molecule has 0 spiro atoms. The van der Waals surface area contributed by atoms with Gasteiger partial charge >= 0.3 is 6.09 Å². The van der Waals surface area contributed by atoms with Crippen molar-refractivity contribution in [3.05, 3.63) is 0 Å². The molecule has 1 heterocycles. The van der Waals surface area contributed by atoms with Crippen molar-refractivity contribution in [1.29, 1.82) is 0 Å². The summed E-state index contributed by atoms with van der Waals surface area (Å²) in [5, 5.41) is 13.7. The van der Waals surface area contributed by atoms with Crippen LogP contribution in [0.3, 0.4) is 0 Å². The van der Waals surface area contributed by atoms with Crippen LogP contribution in [0.25, 0.3) is 0 Å². The maximum Gasteiger partial charge on any atom is 0.407 e. The molecular weight excluding hydrogens is 302 g/mol. The molecule has 3 fully saturated rings. The first kappa shape index (κ1) is 17.0. The lowest BCUT2D eigenvalue weighted by molar-refractivity contribution is -0.341. The molecule has 6 atom stereocenters. The van der Waals surface area contributed by atoms with E-state index >= 15 is 0 Å². The summed E-state index contributed by atoms with van der Waals surface area (Å²) < 4.78 is 23.0. The molecule has 7 heteroatoms. The molecule has 2 N–H and O–H groups in total. The lowest BCUT2D eigenvalue weighted by Crippen LogP contribution is -2.63. The number of carbonyl (C=O) groups excluding carboxylic acids is 1. The fourth-order valence-corrected chi connectivity index (χ4v) is 4.71. The summed E-state index contributed by atoms with van der Waals surface area (Å²) in [5.74, 6) is -1.23. The molecule has 23 heavy (non-hydrogen) atoms. The van der Waals surface area contributed by atoms with Gasteiger partial charge in [-0.25, -0.2) is 4.79 Å². The van der Waals surface area contributed by atoms with Crippen LogP contribution in [0, 0.1) is 17.8 Å². The van der Waals surface area contributed by atoms with Crippen molar-refractivity contribution < 1.29 is 28.8 Å². The number of rotatable bonds is 6. The minimum Gasteiger partial charge on any atom is -0.450 e. The molecule has 0 unspecified atom stereocenters. The monoisotopic (exact) mass is 329 g/mol. The molecule has 1 aliphatic heterocycles. The third kappa shape index (κ3) is 2.54. The molecule has 3 rings (SSSR count). The molecule has 0 aromatic carbocycles. The molecule has 132 valence electrons. The van der Waals surface area contributed by atoms with Crippen molar-refractivity contribution in [2.75, 3.05) is 26.4 Å². The Bertz CT molecular complexity index is 438. The van der Waals surface area contributed by atoms with Gasteiger partial charge in [-0.3, -0.25) is 0 Å². The number of amides is 1. The summed E-state index contributed by atoms with van der Waals surface area (Å²) in [6, 6.07) is -0.278. The van der Waals surface area contributed by atoms with Crippen LogP contribution in [-0.2, 0) is 18.9 Å². The smallest absolute Gasteiger partial charge is 0.407 e. The van der Waals surface area contributed by atoms with Crippen LogP contribution in [0.15, 0.2) is 0 Å². The molecule has 2 aliphatic carbocycles. The summed E-state index contributed by atoms with van der Waals surface area (Å²) in [6.07, 6.45) is -0.581. The summed E-state index contributed by atoms with van der Waals surface area (Å²) in [6.45, 7) is 7.25. The Kier molecular flexibility index (Phi) is 4.83. The first-order valence-electron chi connectivity index (χ1n) is 8.59. The van der Waals surface area contributed by atoms with E-state index in [0.29, 0.717) is 32.8 Å². The summed E-state index contributed by atoms with van der Waals surface area (Å²) in [7, 11) is 0. The number of carbonyl (C=O) groups is 1. The van der Waals surface area contributed by atoms with Crippen molar-refractivity contribution in [3.63, 3.8) is 0 Å². The van der Waals surface area contributed by atoms with E-state index in [2.05, 4.69) is 5.32 Å². The predicted molar refractivity (Wildman–Crippen MR) is 80.8 cm³/mol. The Labute approximate surface area is 136 Å². The third-order valence-corrected chi connectivity index (χ3v) is 5.39. The molecule has 2 saturated carbocycles. The van der Waals surface area contributed by atoms with E-state index in [1.54, 1.807) is 6.92 Å². The fourth-order valence-electron chi connectivity index (χ4n) is 4.71. The zero-order valence-corrected chi connectivity index (χ0v) is 14.0. The number of ether oxygens (including phenoxy) is 4. The van der Waals surface area contributed by atoms with Gasteiger partial charge in [-0.1, -0.05) is 0 Å². The summed E-state index contributed by atoms with van der Waals surface area (Å²) in [4.78, 5) is 12.0. The minimum absolute atomic E-state index is 0.0541. The maximum absolute atomic E-state index is 12.0. The van der Waals surface area contributed by atoms with Crippen LogP contribution < -0.4 is 5.32 Å². The van der Waals surface area contributed by atoms with Gasteiger partial charge in [-0.2, -0.15) is 0 Å². The highest BCUT2D eigenvalue weighted by atomic mass is 16.7. The first-order valence-corrected chi connectivity index (χ1v) is 8.59. The minimum atomic E-state index is -1.02. The molecule has 3 aliphatic rings. The number of hydrogen-bond donors (Lipinski definition) is 2. The van der Waals surface area contributed by atoms with Crippen LogP contribution in [-0.4, -0.2) is 61.7 Å². The zero-order valence-electron chi connectivity index (χ0n) is 14.0. The fraction of sp³-hybridized carbons (Fsp3) is 0.938. The molecule has 3 bridgehead atoms. The van der Waals surface area contributed by atoms with Gasteiger partial charge in [0.25, 0.3) is 0 Å². The van der Waals surface area contributed by atoms with E-state index in [0.717, 1.165) is 0 Å². The normalized spacial score (nSPS) is 40.2. The van der Waals surface area contributed by atoms with E-state index < -0.39 is 18.0 Å². The number of alkyl carbamates (subject to hydrolysis) is 1. The van der Waals surface area contributed by atoms with Crippen molar-refractivity contribution >= 4 is 6.09 Å². The number of aliphatic hydroxyl groups is 1. The Morgan fingerprint density at radius 3 is 2.52 bits per heavy atom. The maximum atomic E-state index is 12.0. The molecule has 1 saturated heterocycles. The molecule has 1 amide bonds. The average molecular weight is 329 g/mol. The van der Waals surface area contributed by atoms with E-state index in [4.69, 9.17) is 18.9 Å². The highest BCUT2D eigenvalue weighted by Gasteiger charge is 2.69. The van der Waals surface area contributed by atoms with Gasteiger partial charge in [0.05, 0.1) is 25.2 Å². The van der Waals surface area contributed by atoms with Crippen LogP contribution in [0.4, 0.5) is 4.79 Å². The van der Waals surface area contributed by atoms with Crippen LogP contribution in [0.5, 0.6) is 0 Å². The average Bonchev–Trinajstić information content (AvgIpc) is 2.66. The molecule has 0 radical (unpaired) electrons. The number of aliphatic hydroxyl groups excluding tert-OH is 1. The second-order valence-corrected chi connectivity index (χ2v) is 6.38. The third-order valence-electron chi connectivity index (χ3n) is 5.39. The second-order valence-electron chi connectivity index (χ2n) is 6.38. The number of nitrogens with one attached hydrogen (secondary N) is 1. The van der Waals surface area contributed by atoms with Gasteiger partial charge in [0.2, 0.25) is 5.79 Å². The van der Waals surface area contributed by atoms with Crippen molar-refractivity contribution in [2.24, 2.45) is 17.8 Å². The lowest BCUT2D eigenvalue weighted by Gasteiger charge is -2.50. The SMILES string of the molecule is CCOC(=O)N[C@@H]1[C@@H]2CO[C@H]3C[C@H]2[C@H](O)[C@H]1C3(OCC)OCC. The van der Waals surface area contributed by atoms with E-state index in [9.17, 15) is 9.90 Å². The second kappa shape index (κ2) is 6.55. The Morgan fingerprint density at radius 1 is 1.22 bits per heavy atom. The number of hydrogen-bond acceptors (Lipinski definition) is 6. The van der Waals surface area contributed by atoms with Gasteiger partial charge in [0.15, 0.2) is 0 Å². The highest BCUT2D eigenvalue weighted by Crippen LogP contribution is 2.56. The summed E-state index contributed by atoms with van der Waals surface area (Å²) >= 11 is 0. The predicted octanol–water partition coefficient (Wildman–Crippen LogP) is 0.896. The van der Waals surface area contributed by atoms with E-state index in [1.807, 2.05) is 13.8 Å². The Hall–Kier alpha value is -0.890. The van der Waals surface area contributed by atoms with E-state index in [-0.39, 0.29) is 29.9 Å². The van der Waals surface area contributed by atoms with Crippen LogP contribution in [0.2, 0.25) is 0 Å². The molecule has 7 nitrogen and oxygen atoms in total. The van der Waals surface area contributed by atoms with Gasteiger partial charge in [0.1, 0.15) is 6.10 Å². The van der Waals surface area contributed by atoms with Gasteiger partial charge < -0.3 is 29.4 Å². The quantitative estimate of drug-likeness (QED) is 0.704. The van der Waals surface area contributed by atoms with Crippen LogP contribution >= 0.6 is 0 Å².